The number of nitrogens with zero attached hydrogens (tertiary/aromatic N) is 1. The van der Waals surface area contributed by atoms with Crippen LogP contribution < -0.4 is 5.73 Å². The molecular weight excluding hydrogens is 400 g/mol. The van der Waals surface area contributed by atoms with Gasteiger partial charge in [-0.1, -0.05) is 59.8 Å². The minimum atomic E-state index is -0.474. The van der Waals surface area contributed by atoms with Crippen LogP contribution in [0, 0.1) is 11.3 Å². The van der Waals surface area contributed by atoms with Crippen LogP contribution in [0.15, 0.2) is 76.7 Å². The van der Waals surface area contributed by atoms with Crippen LogP contribution in [-0.2, 0) is 9.47 Å². The number of carbonyl (C=O) groups excluding carboxylic acids is 1. The second kappa shape index (κ2) is 11.0. The van der Waals surface area contributed by atoms with E-state index in [-0.39, 0.29) is 5.41 Å². The molecule has 1 aliphatic rings. The maximum atomic E-state index is 11.3. The highest BCUT2D eigenvalue weighted by Crippen LogP contribution is 2.35. The van der Waals surface area contributed by atoms with Crippen molar-refractivity contribution >= 4 is 11.8 Å². The van der Waals surface area contributed by atoms with E-state index in [1.54, 1.807) is 31.4 Å². The lowest BCUT2D eigenvalue weighted by molar-refractivity contribution is 0.1000. The van der Waals surface area contributed by atoms with E-state index in [1.807, 2.05) is 6.08 Å². The van der Waals surface area contributed by atoms with E-state index in [0.717, 1.165) is 35.3 Å². The molecule has 0 aliphatic heterocycles. The second-order valence-electron chi connectivity index (χ2n) is 9.13. The summed E-state index contributed by atoms with van der Waals surface area (Å²) in [4.78, 5) is 16.0. The number of rotatable bonds is 8. The summed E-state index contributed by atoms with van der Waals surface area (Å²) in [6.45, 7) is 15.8. The van der Waals surface area contributed by atoms with Gasteiger partial charge in [0.2, 0.25) is 11.8 Å². The summed E-state index contributed by atoms with van der Waals surface area (Å²) in [7, 11) is 1.56. The van der Waals surface area contributed by atoms with Crippen molar-refractivity contribution in [1.29, 1.82) is 0 Å². The smallest absolute Gasteiger partial charge is 0.248 e. The topological polar surface area (TPSA) is 73.9 Å². The molecule has 172 valence electrons. The van der Waals surface area contributed by atoms with Gasteiger partial charge in [0.05, 0.1) is 19.4 Å². The molecule has 1 aromatic carbocycles. The lowest BCUT2D eigenvalue weighted by atomic mass is 9.84. The zero-order chi connectivity index (χ0) is 23.9. The maximum absolute atomic E-state index is 11.3. The number of carbonyl (C=O) groups is 1. The van der Waals surface area contributed by atoms with E-state index < -0.39 is 5.91 Å². The van der Waals surface area contributed by atoms with Crippen LogP contribution in [-0.4, -0.2) is 25.5 Å². The highest BCUT2D eigenvalue weighted by Gasteiger charge is 2.23. The van der Waals surface area contributed by atoms with E-state index in [0.29, 0.717) is 29.7 Å². The van der Waals surface area contributed by atoms with E-state index in [1.165, 1.54) is 0 Å². The Morgan fingerprint density at radius 1 is 1.22 bits per heavy atom. The summed E-state index contributed by atoms with van der Waals surface area (Å²) < 4.78 is 11.7. The highest BCUT2D eigenvalue weighted by molar-refractivity contribution is 5.97. The Hall–Kier alpha value is -3.08. The molecule has 0 saturated carbocycles. The summed E-state index contributed by atoms with van der Waals surface area (Å²) in [6, 6.07) is 6.82. The Morgan fingerprint density at radius 2 is 1.84 bits per heavy atom. The number of amides is 1. The zero-order valence-corrected chi connectivity index (χ0v) is 20.2. The van der Waals surface area contributed by atoms with Crippen molar-refractivity contribution in [2.45, 2.75) is 47.5 Å². The number of allylic oxidation sites excluding steroid dienone is 4. The Bertz CT molecular complexity index is 958. The molecule has 0 spiro atoms. The quantitative estimate of drug-likeness (QED) is 0.405. The van der Waals surface area contributed by atoms with Gasteiger partial charge in [-0.05, 0) is 52.8 Å². The Balaban J connectivity index is 2.38. The number of hydrogen-bond donors (Lipinski definition) is 1. The predicted octanol–water partition coefficient (Wildman–Crippen LogP) is 5.94. The summed E-state index contributed by atoms with van der Waals surface area (Å²) in [5, 5.41) is 0. The van der Waals surface area contributed by atoms with Crippen LogP contribution >= 0.6 is 0 Å². The fourth-order valence-corrected chi connectivity index (χ4v) is 3.19. The molecule has 0 bridgehead atoms. The molecule has 0 heterocycles. The molecule has 1 unspecified atom stereocenters. The Labute approximate surface area is 192 Å². The third-order valence-electron chi connectivity index (χ3n) is 5.43. The number of aliphatic imine (C=N–C) groups is 1. The zero-order valence-electron chi connectivity index (χ0n) is 20.2. The maximum Gasteiger partial charge on any atom is 0.248 e. The highest BCUT2D eigenvalue weighted by atomic mass is 16.5. The van der Waals surface area contributed by atoms with E-state index in [2.05, 4.69) is 58.3 Å². The average Bonchev–Trinajstić information content (AvgIpc) is 2.98. The molecule has 0 aromatic heterocycles. The van der Waals surface area contributed by atoms with Crippen LogP contribution in [0.5, 0.6) is 0 Å². The predicted molar refractivity (Wildman–Crippen MR) is 131 cm³/mol. The fraction of sp³-hybridized carbons (Fsp3) is 0.407. The summed E-state index contributed by atoms with van der Waals surface area (Å²) in [5.41, 5.74) is 9.03. The van der Waals surface area contributed by atoms with Gasteiger partial charge >= 0.3 is 0 Å². The summed E-state index contributed by atoms with van der Waals surface area (Å²) in [5.74, 6) is 1.44. The molecule has 32 heavy (non-hydrogen) atoms. The van der Waals surface area contributed by atoms with E-state index in [4.69, 9.17) is 15.2 Å². The third kappa shape index (κ3) is 6.71. The normalized spacial score (nSPS) is 15.7. The largest absolute Gasteiger partial charge is 0.497 e. The Kier molecular flexibility index (Phi) is 8.64. The number of methoxy groups -OCH3 is 1. The van der Waals surface area contributed by atoms with Gasteiger partial charge in [-0.2, -0.15) is 0 Å². The minimum absolute atomic E-state index is 0.0965. The van der Waals surface area contributed by atoms with E-state index >= 15 is 0 Å². The van der Waals surface area contributed by atoms with Crippen LogP contribution in [0.1, 0.15) is 63.4 Å². The van der Waals surface area contributed by atoms with Crippen molar-refractivity contribution in [3.8, 4) is 0 Å². The first-order valence-electron chi connectivity index (χ1n) is 11.0. The minimum Gasteiger partial charge on any atom is -0.497 e. The number of primary amides is 1. The summed E-state index contributed by atoms with van der Waals surface area (Å²) in [6.07, 6.45) is 8.04. The van der Waals surface area contributed by atoms with Gasteiger partial charge in [0.1, 0.15) is 5.76 Å². The molecule has 1 aliphatic carbocycles. The van der Waals surface area contributed by atoms with E-state index in [9.17, 15) is 4.79 Å². The molecule has 5 nitrogen and oxygen atoms in total. The number of ether oxygens (including phenoxy) is 2. The van der Waals surface area contributed by atoms with Crippen molar-refractivity contribution < 1.29 is 14.3 Å². The molecule has 1 aromatic rings. The van der Waals surface area contributed by atoms with Crippen molar-refractivity contribution in [2.24, 2.45) is 22.1 Å². The van der Waals surface area contributed by atoms with Crippen molar-refractivity contribution in [3.63, 3.8) is 0 Å². The molecule has 0 fully saturated rings. The lowest BCUT2D eigenvalue weighted by Crippen LogP contribution is -2.14. The van der Waals surface area contributed by atoms with Crippen LogP contribution in [0.4, 0.5) is 0 Å². The van der Waals surface area contributed by atoms with Crippen LogP contribution in [0.3, 0.4) is 0 Å². The van der Waals surface area contributed by atoms with Gasteiger partial charge in [0.25, 0.3) is 0 Å². The van der Waals surface area contributed by atoms with Gasteiger partial charge < -0.3 is 15.2 Å². The van der Waals surface area contributed by atoms with Gasteiger partial charge in [-0.25, -0.2) is 4.99 Å². The Morgan fingerprint density at radius 3 is 2.38 bits per heavy atom. The number of hydrogen-bond acceptors (Lipinski definition) is 4. The SMILES string of the molecule is C=C(N=C(OC)c1ccc(C(N)=O)cc1)C1=CC(C(C)(C)C)=C(OCC(C)CC)CC=C1. The van der Waals surface area contributed by atoms with Gasteiger partial charge in [-0.15, -0.1) is 0 Å². The first-order chi connectivity index (χ1) is 15.1. The monoisotopic (exact) mass is 436 g/mol. The molecule has 2 rings (SSSR count). The lowest BCUT2D eigenvalue weighted by Gasteiger charge is -2.25. The van der Waals surface area contributed by atoms with Crippen molar-refractivity contribution in [2.75, 3.05) is 13.7 Å². The fourth-order valence-electron chi connectivity index (χ4n) is 3.19. The van der Waals surface area contributed by atoms with Crippen molar-refractivity contribution in [3.05, 3.63) is 82.8 Å². The molecule has 0 radical (unpaired) electrons. The third-order valence-corrected chi connectivity index (χ3v) is 5.43. The first kappa shape index (κ1) is 25.2. The molecule has 1 amide bonds. The van der Waals surface area contributed by atoms with Gasteiger partial charge in [0.15, 0.2) is 0 Å². The molecule has 1 atom stereocenters. The summed E-state index contributed by atoms with van der Waals surface area (Å²) >= 11 is 0. The standard InChI is InChI=1S/C27H36N2O3/c1-8-18(2)17-32-24-11-9-10-22(16-23(24)27(4,5)6)19(3)29-26(31-7)21-14-12-20(13-15-21)25(28)30/h9-10,12-16,18H,3,8,11,17H2,1-2,4-7H3,(H2,28,30). The molecule has 0 saturated heterocycles. The van der Waals surface area contributed by atoms with Gasteiger partial charge in [-0.3, -0.25) is 4.79 Å². The number of benzene rings is 1. The average molecular weight is 437 g/mol. The molecule has 5 heteroatoms. The van der Waals surface area contributed by atoms with Gasteiger partial charge in [0, 0.05) is 17.5 Å². The number of nitrogens with two attached hydrogens (primary N) is 1. The van der Waals surface area contributed by atoms with Crippen molar-refractivity contribution in [1.82, 2.24) is 0 Å². The van der Waals surface area contributed by atoms with Crippen LogP contribution in [0.25, 0.3) is 0 Å². The molecule has 2 N–H and O–H groups in total. The first-order valence-corrected chi connectivity index (χ1v) is 11.0. The van der Waals surface area contributed by atoms with Crippen LogP contribution in [0.2, 0.25) is 0 Å². The molecular formula is C27H36N2O3. The second-order valence-corrected chi connectivity index (χ2v) is 9.13.